The Kier molecular flexibility index (Phi) is 8.53. The molecular formula is C30H33N7O3S. The minimum absolute atomic E-state index is 0.0790. The highest BCUT2D eigenvalue weighted by molar-refractivity contribution is 7.80. The van der Waals surface area contributed by atoms with E-state index in [0.717, 1.165) is 68.4 Å². The number of nitro groups is 1. The van der Waals surface area contributed by atoms with Gasteiger partial charge in [-0.25, -0.2) is 0 Å². The second-order valence-electron chi connectivity index (χ2n) is 10.3. The van der Waals surface area contributed by atoms with E-state index < -0.39 is 10.8 Å². The van der Waals surface area contributed by atoms with Gasteiger partial charge in [0.1, 0.15) is 16.7 Å². The van der Waals surface area contributed by atoms with Crippen LogP contribution in [0, 0.1) is 17.0 Å². The fraction of sp³-hybridized carbons (Fsp3) is 0.333. The highest BCUT2D eigenvalue weighted by atomic mass is 32.1. The van der Waals surface area contributed by atoms with E-state index >= 15 is 0 Å². The second kappa shape index (κ2) is 12.4. The summed E-state index contributed by atoms with van der Waals surface area (Å²) >= 11 is 5.40. The number of thiocarbonyl (C=S) groups is 1. The molecule has 0 radical (unpaired) electrons. The number of hydrogen-bond acceptors (Lipinski definition) is 7. The number of rotatable bonds is 8. The molecular weight excluding hydrogens is 538 g/mol. The van der Waals surface area contributed by atoms with Crippen molar-refractivity contribution in [1.29, 1.82) is 0 Å². The molecule has 1 aromatic heterocycles. The zero-order valence-electron chi connectivity index (χ0n) is 23.2. The Labute approximate surface area is 243 Å². The zero-order chi connectivity index (χ0) is 28.9. The number of carbonyl (C=O) groups is 1. The van der Waals surface area contributed by atoms with Gasteiger partial charge in [0.15, 0.2) is 5.11 Å². The molecule has 1 amide bonds. The first kappa shape index (κ1) is 28.2. The predicted octanol–water partition coefficient (Wildman–Crippen LogP) is 6.10. The van der Waals surface area contributed by atoms with Crippen LogP contribution in [0.5, 0.6) is 0 Å². The summed E-state index contributed by atoms with van der Waals surface area (Å²) in [6.07, 6.45) is 6.47. The molecule has 0 spiro atoms. The maximum Gasteiger partial charge on any atom is 0.293 e. The number of piperidine rings is 1. The topological polar surface area (TPSA) is 118 Å². The molecule has 1 aliphatic rings. The standard InChI is InChI=1S/C30H33N7O3S/c1-3-4-8-21-9-12-23(13-10-21)36-33-25-17-20(2)24(19-26(25)34-36)31-30(41)32-29(38)22-11-14-27(28(18-22)37(39)40)35-15-6-5-7-16-35/h9-14,17-19H,3-8,15-16H2,1-2H3,(H2,31,32,38,41). The summed E-state index contributed by atoms with van der Waals surface area (Å²) in [5, 5.41) is 26.8. The molecule has 1 fully saturated rings. The number of nitro benzene ring substituents is 1. The fourth-order valence-corrected chi connectivity index (χ4v) is 5.24. The molecule has 212 valence electrons. The number of fused-ring (bicyclic) bond motifs is 1. The summed E-state index contributed by atoms with van der Waals surface area (Å²) in [7, 11) is 0. The number of aryl methyl sites for hydroxylation is 2. The van der Waals surface area contributed by atoms with Gasteiger partial charge in [-0.3, -0.25) is 20.2 Å². The van der Waals surface area contributed by atoms with E-state index in [9.17, 15) is 14.9 Å². The predicted molar refractivity (Wildman–Crippen MR) is 165 cm³/mol. The minimum atomic E-state index is -0.525. The molecule has 5 rings (SSSR count). The number of carbonyl (C=O) groups excluding carboxylic acids is 1. The summed E-state index contributed by atoms with van der Waals surface area (Å²) in [4.78, 5) is 27.9. The van der Waals surface area contributed by atoms with Crippen LogP contribution >= 0.6 is 12.2 Å². The maximum atomic E-state index is 12.9. The van der Waals surface area contributed by atoms with Gasteiger partial charge in [-0.05, 0) is 98.8 Å². The van der Waals surface area contributed by atoms with Crippen LogP contribution in [0.3, 0.4) is 0 Å². The van der Waals surface area contributed by atoms with Crippen molar-refractivity contribution in [2.45, 2.75) is 52.4 Å². The number of anilines is 2. The molecule has 10 nitrogen and oxygen atoms in total. The molecule has 4 aromatic rings. The second-order valence-corrected chi connectivity index (χ2v) is 10.7. The summed E-state index contributed by atoms with van der Waals surface area (Å²) in [6, 6.07) is 16.5. The van der Waals surface area contributed by atoms with Gasteiger partial charge in [0.05, 0.1) is 10.6 Å². The lowest BCUT2D eigenvalue weighted by Crippen LogP contribution is -2.34. The van der Waals surface area contributed by atoms with E-state index in [1.807, 2.05) is 36.1 Å². The van der Waals surface area contributed by atoms with Crippen molar-refractivity contribution in [3.8, 4) is 5.69 Å². The highest BCUT2D eigenvalue weighted by Crippen LogP contribution is 2.31. The van der Waals surface area contributed by atoms with E-state index in [1.54, 1.807) is 16.9 Å². The summed E-state index contributed by atoms with van der Waals surface area (Å²) in [5.74, 6) is -0.525. The van der Waals surface area contributed by atoms with Crippen molar-refractivity contribution >= 4 is 51.3 Å². The van der Waals surface area contributed by atoms with Gasteiger partial charge in [0, 0.05) is 30.4 Å². The van der Waals surface area contributed by atoms with E-state index in [1.165, 1.54) is 11.6 Å². The van der Waals surface area contributed by atoms with Gasteiger partial charge < -0.3 is 10.2 Å². The molecule has 0 atom stereocenters. The number of benzene rings is 3. The van der Waals surface area contributed by atoms with Gasteiger partial charge in [-0.1, -0.05) is 25.5 Å². The molecule has 0 aliphatic carbocycles. The number of nitrogens with zero attached hydrogens (tertiary/aromatic N) is 5. The van der Waals surface area contributed by atoms with Crippen LogP contribution in [0.1, 0.15) is 60.5 Å². The molecule has 0 bridgehead atoms. The van der Waals surface area contributed by atoms with Crippen LogP contribution in [0.15, 0.2) is 54.6 Å². The average Bonchev–Trinajstić information content (AvgIpc) is 3.39. The third-order valence-corrected chi connectivity index (χ3v) is 7.52. The Bertz CT molecular complexity index is 1590. The first-order valence-electron chi connectivity index (χ1n) is 13.9. The molecule has 1 saturated heterocycles. The van der Waals surface area contributed by atoms with Gasteiger partial charge in [-0.15, -0.1) is 10.2 Å². The first-order chi connectivity index (χ1) is 19.8. The number of amides is 1. The van der Waals surface area contributed by atoms with Crippen molar-refractivity contribution in [3.05, 3.63) is 81.4 Å². The summed E-state index contributed by atoms with van der Waals surface area (Å²) in [6.45, 7) is 5.63. The van der Waals surface area contributed by atoms with Crippen molar-refractivity contribution in [1.82, 2.24) is 20.3 Å². The molecule has 0 unspecified atom stereocenters. The van der Waals surface area contributed by atoms with Crippen LogP contribution in [-0.2, 0) is 6.42 Å². The van der Waals surface area contributed by atoms with E-state index in [4.69, 9.17) is 12.2 Å². The minimum Gasteiger partial charge on any atom is -0.366 e. The summed E-state index contributed by atoms with van der Waals surface area (Å²) in [5.41, 5.74) is 5.74. The lowest BCUT2D eigenvalue weighted by Gasteiger charge is -2.28. The molecule has 2 heterocycles. The van der Waals surface area contributed by atoms with Gasteiger partial charge >= 0.3 is 0 Å². The van der Waals surface area contributed by atoms with Crippen LogP contribution in [0.25, 0.3) is 16.7 Å². The third-order valence-electron chi connectivity index (χ3n) is 7.32. The van der Waals surface area contributed by atoms with Crippen LogP contribution in [-0.4, -0.2) is 44.0 Å². The lowest BCUT2D eigenvalue weighted by atomic mass is 10.1. The quantitative estimate of drug-likeness (QED) is 0.148. The number of aromatic nitrogens is 3. The van der Waals surface area contributed by atoms with Crippen molar-refractivity contribution < 1.29 is 9.72 Å². The van der Waals surface area contributed by atoms with E-state index in [-0.39, 0.29) is 16.4 Å². The monoisotopic (exact) mass is 571 g/mol. The van der Waals surface area contributed by atoms with Crippen molar-refractivity contribution in [3.63, 3.8) is 0 Å². The third kappa shape index (κ3) is 6.51. The molecule has 41 heavy (non-hydrogen) atoms. The molecule has 0 saturated carbocycles. The summed E-state index contributed by atoms with van der Waals surface area (Å²) < 4.78 is 0. The normalized spacial score (nSPS) is 13.3. The van der Waals surface area contributed by atoms with Gasteiger partial charge in [0.2, 0.25) is 0 Å². The molecule has 2 N–H and O–H groups in total. The Morgan fingerprint density at radius 1 is 1.02 bits per heavy atom. The maximum absolute atomic E-state index is 12.9. The Morgan fingerprint density at radius 3 is 2.41 bits per heavy atom. The van der Waals surface area contributed by atoms with E-state index in [2.05, 4.69) is 39.9 Å². The van der Waals surface area contributed by atoms with Crippen LogP contribution in [0.4, 0.5) is 17.1 Å². The van der Waals surface area contributed by atoms with Crippen LogP contribution < -0.4 is 15.5 Å². The Balaban J connectivity index is 1.28. The molecule has 3 aromatic carbocycles. The molecule has 11 heteroatoms. The lowest BCUT2D eigenvalue weighted by molar-refractivity contribution is -0.384. The number of hydrogen-bond donors (Lipinski definition) is 2. The SMILES string of the molecule is CCCCc1ccc(-n2nc3cc(C)c(NC(=S)NC(=O)c4ccc(N5CCCCC5)c([N+](=O)[O-])c4)cc3n2)cc1. The zero-order valence-corrected chi connectivity index (χ0v) is 24.0. The van der Waals surface area contributed by atoms with Crippen LogP contribution in [0.2, 0.25) is 0 Å². The smallest absolute Gasteiger partial charge is 0.293 e. The molecule has 1 aliphatic heterocycles. The first-order valence-corrected chi connectivity index (χ1v) is 14.4. The van der Waals surface area contributed by atoms with E-state index in [0.29, 0.717) is 16.9 Å². The average molecular weight is 572 g/mol. The largest absolute Gasteiger partial charge is 0.366 e. The Morgan fingerprint density at radius 2 is 1.73 bits per heavy atom. The van der Waals surface area contributed by atoms with Crippen molar-refractivity contribution in [2.24, 2.45) is 0 Å². The fourth-order valence-electron chi connectivity index (χ4n) is 5.04. The van der Waals surface area contributed by atoms with Gasteiger partial charge in [-0.2, -0.15) is 4.80 Å². The van der Waals surface area contributed by atoms with Gasteiger partial charge in [0.25, 0.3) is 11.6 Å². The number of unbranched alkanes of at least 4 members (excludes halogenated alkanes) is 1. The van der Waals surface area contributed by atoms with Crippen molar-refractivity contribution in [2.75, 3.05) is 23.3 Å². The number of nitrogens with one attached hydrogen (secondary N) is 2. The highest BCUT2D eigenvalue weighted by Gasteiger charge is 2.23. The Hall–Kier alpha value is -4.38.